The minimum absolute atomic E-state index is 0.0467. The lowest BCUT2D eigenvalue weighted by atomic mass is 10.0. The van der Waals surface area contributed by atoms with Crippen LogP contribution in [0.4, 0.5) is 4.39 Å². The Bertz CT molecular complexity index is 663. The summed E-state index contributed by atoms with van der Waals surface area (Å²) in [5.74, 6) is -0.756. The van der Waals surface area contributed by atoms with Crippen LogP contribution in [-0.2, 0) is 19.5 Å². The van der Waals surface area contributed by atoms with Gasteiger partial charge in [0.25, 0.3) is 0 Å². The van der Waals surface area contributed by atoms with E-state index in [1.165, 1.54) is 7.11 Å². The number of hydrogen-bond acceptors (Lipinski definition) is 5. The van der Waals surface area contributed by atoms with Crippen LogP contribution in [0.15, 0.2) is 23.1 Å². The van der Waals surface area contributed by atoms with Gasteiger partial charge in [0.05, 0.1) is 17.1 Å². The number of nitrogens with one attached hydrogen (secondary N) is 1. The van der Waals surface area contributed by atoms with Crippen LogP contribution in [-0.4, -0.2) is 40.9 Å². The Morgan fingerprint density at radius 2 is 2.33 bits per heavy atom. The van der Waals surface area contributed by atoms with Crippen molar-refractivity contribution in [1.82, 2.24) is 4.72 Å². The molecule has 1 fully saturated rings. The largest absolute Gasteiger partial charge is 0.378 e. The SMILES string of the molecule is COC1(CNS(=O)(=O)c2ccc(F)c(C#N)c2)CCOC1. The van der Waals surface area contributed by atoms with E-state index in [0.29, 0.717) is 19.6 Å². The Morgan fingerprint density at radius 3 is 2.90 bits per heavy atom. The molecule has 1 heterocycles. The lowest BCUT2D eigenvalue weighted by Gasteiger charge is -2.25. The molecule has 1 aromatic rings. The second-order valence-electron chi connectivity index (χ2n) is 4.77. The van der Waals surface area contributed by atoms with Gasteiger partial charge in [-0.25, -0.2) is 17.5 Å². The number of halogens is 1. The summed E-state index contributed by atoms with van der Waals surface area (Å²) in [7, 11) is -2.35. The van der Waals surface area contributed by atoms with Gasteiger partial charge in [-0.05, 0) is 18.2 Å². The van der Waals surface area contributed by atoms with Crippen LogP contribution < -0.4 is 4.72 Å². The van der Waals surface area contributed by atoms with Gasteiger partial charge in [0.2, 0.25) is 10.0 Å². The Labute approximate surface area is 122 Å². The average molecular weight is 314 g/mol. The summed E-state index contributed by atoms with van der Waals surface area (Å²) in [6.45, 7) is 0.856. The quantitative estimate of drug-likeness (QED) is 0.867. The molecule has 0 saturated carbocycles. The molecule has 0 amide bonds. The van der Waals surface area contributed by atoms with E-state index in [-0.39, 0.29) is 17.0 Å². The van der Waals surface area contributed by atoms with Crippen molar-refractivity contribution in [1.29, 1.82) is 5.26 Å². The topological polar surface area (TPSA) is 88.4 Å². The highest BCUT2D eigenvalue weighted by Gasteiger charge is 2.36. The predicted molar refractivity (Wildman–Crippen MR) is 71.5 cm³/mol. The minimum Gasteiger partial charge on any atom is -0.378 e. The molecule has 114 valence electrons. The third kappa shape index (κ3) is 3.39. The molecule has 1 aromatic carbocycles. The molecular formula is C13H15FN2O4S. The van der Waals surface area contributed by atoms with Crippen LogP contribution in [0.3, 0.4) is 0 Å². The maximum Gasteiger partial charge on any atom is 0.240 e. The molecular weight excluding hydrogens is 299 g/mol. The van der Waals surface area contributed by atoms with E-state index in [4.69, 9.17) is 14.7 Å². The van der Waals surface area contributed by atoms with Crippen molar-refractivity contribution in [3.63, 3.8) is 0 Å². The standard InChI is InChI=1S/C13H15FN2O4S/c1-19-13(4-5-20-9-13)8-16-21(17,18)11-2-3-12(14)10(6-11)7-15/h2-3,6,16H,4-5,8-9H2,1H3. The molecule has 2 rings (SSSR count). The molecule has 0 aromatic heterocycles. The molecule has 8 heteroatoms. The van der Waals surface area contributed by atoms with E-state index in [2.05, 4.69) is 4.72 Å². The number of methoxy groups -OCH3 is 1. The maximum absolute atomic E-state index is 13.2. The third-order valence-corrected chi connectivity index (χ3v) is 4.85. The number of rotatable bonds is 5. The van der Waals surface area contributed by atoms with Gasteiger partial charge in [-0.2, -0.15) is 5.26 Å². The van der Waals surface area contributed by atoms with E-state index in [0.717, 1.165) is 18.2 Å². The van der Waals surface area contributed by atoms with Gasteiger partial charge < -0.3 is 9.47 Å². The van der Waals surface area contributed by atoms with Gasteiger partial charge in [0.1, 0.15) is 17.5 Å². The van der Waals surface area contributed by atoms with E-state index in [1.807, 2.05) is 0 Å². The first kappa shape index (κ1) is 15.9. The van der Waals surface area contributed by atoms with Crippen LogP contribution >= 0.6 is 0 Å². The normalized spacial score (nSPS) is 22.1. The van der Waals surface area contributed by atoms with Gasteiger partial charge in [-0.15, -0.1) is 0 Å². The Kier molecular flexibility index (Phi) is 4.58. The summed E-state index contributed by atoms with van der Waals surface area (Å²) in [6, 6.07) is 4.68. The van der Waals surface area contributed by atoms with E-state index >= 15 is 0 Å². The molecule has 1 N–H and O–H groups in total. The molecule has 0 spiro atoms. The molecule has 0 radical (unpaired) electrons. The monoisotopic (exact) mass is 314 g/mol. The average Bonchev–Trinajstić information content (AvgIpc) is 2.95. The van der Waals surface area contributed by atoms with Crippen molar-refractivity contribution in [2.75, 3.05) is 26.9 Å². The lowest BCUT2D eigenvalue weighted by molar-refractivity contribution is -0.0120. The Morgan fingerprint density at radius 1 is 1.57 bits per heavy atom. The van der Waals surface area contributed by atoms with Crippen molar-refractivity contribution in [3.05, 3.63) is 29.6 Å². The first-order valence-corrected chi connectivity index (χ1v) is 7.73. The van der Waals surface area contributed by atoms with Crippen LogP contribution in [0.5, 0.6) is 0 Å². The van der Waals surface area contributed by atoms with Crippen LogP contribution in [0.1, 0.15) is 12.0 Å². The van der Waals surface area contributed by atoms with Crippen LogP contribution in [0.2, 0.25) is 0 Å². The van der Waals surface area contributed by atoms with Gasteiger partial charge in [-0.1, -0.05) is 0 Å². The molecule has 1 aliphatic heterocycles. The number of benzene rings is 1. The van der Waals surface area contributed by atoms with Crippen molar-refractivity contribution in [3.8, 4) is 6.07 Å². The summed E-state index contributed by atoms with van der Waals surface area (Å²) in [5, 5.41) is 8.75. The second-order valence-corrected chi connectivity index (χ2v) is 6.53. The molecule has 1 unspecified atom stereocenters. The number of hydrogen-bond donors (Lipinski definition) is 1. The minimum atomic E-state index is -3.85. The van der Waals surface area contributed by atoms with Gasteiger partial charge in [-0.3, -0.25) is 0 Å². The van der Waals surface area contributed by atoms with Crippen molar-refractivity contribution in [2.45, 2.75) is 16.9 Å². The predicted octanol–water partition coefficient (Wildman–Crippen LogP) is 0.781. The zero-order chi connectivity index (χ0) is 15.5. The molecule has 6 nitrogen and oxygen atoms in total. The van der Waals surface area contributed by atoms with E-state index in [1.54, 1.807) is 6.07 Å². The smallest absolute Gasteiger partial charge is 0.240 e. The molecule has 1 atom stereocenters. The fraction of sp³-hybridized carbons (Fsp3) is 0.462. The van der Waals surface area contributed by atoms with Crippen molar-refractivity contribution in [2.24, 2.45) is 0 Å². The molecule has 0 bridgehead atoms. The summed E-state index contributed by atoms with van der Waals surface area (Å²) < 4.78 is 50.6. The number of nitriles is 1. The fourth-order valence-corrected chi connectivity index (χ4v) is 3.17. The highest BCUT2D eigenvalue weighted by Crippen LogP contribution is 2.22. The van der Waals surface area contributed by atoms with Crippen molar-refractivity contribution < 1.29 is 22.3 Å². The Balaban J connectivity index is 2.17. The van der Waals surface area contributed by atoms with E-state index in [9.17, 15) is 12.8 Å². The van der Waals surface area contributed by atoms with Crippen molar-refractivity contribution >= 4 is 10.0 Å². The van der Waals surface area contributed by atoms with E-state index < -0.39 is 21.4 Å². The molecule has 21 heavy (non-hydrogen) atoms. The molecule has 1 saturated heterocycles. The Hall–Kier alpha value is -1.53. The first-order chi connectivity index (χ1) is 9.92. The zero-order valence-corrected chi connectivity index (χ0v) is 12.2. The number of sulfonamides is 1. The molecule has 0 aliphatic carbocycles. The lowest BCUT2D eigenvalue weighted by Crippen LogP contribution is -2.44. The van der Waals surface area contributed by atoms with Gasteiger partial charge in [0, 0.05) is 26.7 Å². The second kappa shape index (κ2) is 6.07. The highest BCUT2D eigenvalue weighted by atomic mass is 32.2. The molecule has 1 aliphatic rings. The first-order valence-electron chi connectivity index (χ1n) is 6.25. The summed E-state index contributed by atoms with van der Waals surface area (Å²) in [5.41, 5.74) is -1.01. The number of ether oxygens (including phenoxy) is 2. The summed E-state index contributed by atoms with van der Waals surface area (Å²) in [6.07, 6.45) is 0.582. The zero-order valence-electron chi connectivity index (χ0n) is 11.4. The summed E-state index contributed by atoms with van der Waals surface area (Å²) >= 11 is 0. The van der Waals surface area contributed by atoms with Gasteiger partial charge in [0.15, 0.2) is 0 Å². The highest BCUT2D eigenvalue weighted by molar-refractivity contribution is 7.89. The fourth-order valence-electron chi connectivity index (χ4n) is 2.03. The summed E-state index contributed by atoms with van der Waals surface area (Å²) in [4.78, 5) is -0.161. The van der Waals surface area contributed by atoms with Crippen LogP contribution in [0, 0.1) is 17.1 Å². The third-order valence-electron chi connectivity index (χ3n) is 3.45. The van der Waals surface area contributed by atoms with Crippen LogP contribution in [0.25, 0.3) is 0 Å². The maximum atomic E-state index is 13.2. The van der Waals surface area contributed by atoms with Gasteiger partial charge >= 0.3 is 0 Å². The number of nitrogens with zero attached hydrogens (tertiary/aromatic N) is 1.